The predicted octanol–water partition coefficient (Wildman–Crippen LogP) is 3.78. The van der Waals surface area contributed by atoms with E-state index < -0.39 is 0 Å². The monoisotopic (exact) mass is 431 g/mol. The molecule has 0 bridgehead atoms. The van der Waals surface area contributed by atoms with Crippen LogP contribution in [0.15, 0.2) is 41.2 Å². The Morgan fingerprint density at radius 2 is 1.94 bits per heavy atom. The van der Waals surface area contributed by atoms with Crippen molar-refractivity contribution in [2.75, 3.05) is 42.9 Å². The van der Waals surface area contributed by atoms with Gasteiger partial charge in [0.1, 0.15) is 5.82 Å². The summed E-state index contributed by atoms with van der Waals surface area (Å²) in [5.41, 5.74) is 4.75. The second kappa shape index (κ2) is 8.29. The van der Waals surface area contributed by atoms with Crippen molar-refractivity contribution in [3.63, 3.8) is 0 Å². The van der Waals surface area contributed by atoms with E-state index in [0.29, 0.717) is 11.3 Å². The van der Waals surface area contributed by atoms with E-state index in [0.717, 1.165) is 73.3 Å². The van der Waals surface area contributed by atoms with Crippen LogP contribution in [0, 0.1) is 17.1 Å². The zero-order valence-electron chi connectivity index (χ0n) is 18.1. The van der Waals surface area contributed by atoms with E-state index in [9.17, 15) is 9.18 Å². The Labute approximate surface area is 186 Å². The highest BCUT2D eigenvalue weighted by Gasteiger charge is 2.24. The first-order valence-corrected chi connectivity index (χ1v) is 11.2. The third kappa shape index (κ3) is 3.61. The minimum atomic E-state index is -0.346. The first-order valence-electron chi connectivity index (χ1n) is 11.2. The molecule has 3 heterocycles. The number of nitrogens with zero attached hydrogens (tertiary/aromatic N) is 3. The minimum Gasteiger partial charge on any atom is -0.384 e. The number of hydrogen-bond donors (Lipinski definition) is 2. The Balaban J connectivity index is 1.33. The Bertz CT molecular complexity index is 1270. The first-order chi connectivity index (χ1) is 15.5. The molecule has 1 unspecified atom stereocenters. The highest BCUT2D eigenvalue weighted by Crippen LogP contribution is 2.31. The summed E-state index contributed by atoms with van der Waals surface area (Å²) in [6, 6.07) is 13.2. The molecule has 7 heteroatoms. The summed E-state index contributed by atoms with van der Waals surface area (Å²) < 4.78 is 14.4. The van der Waals surface area contributed by atoms with Crippen molar-refractivity contribution >= 4 is 22.3 Å². The molecule has 1 saturated heterocycles. The summed E-state index contributed by atoms with van der Waals surface area (Å²) in [5.74, 6) is -0.346. The summed E-state index contributed by atoms with van der Waals surface area (Å²) in [5, 5.41) is 13.4. The average molecular weight is 432 g/mol. The fraction of sp³-hybridized carbons (Fsp3) is 0.360. The lowest BCUT2D eigenvalue weighted by atomic mass is 9.98. The van der Waals surface area contributed by atoms with Gasteiger partial charge in [-0.05, 0) is 49.6 Å². The minimum absolute atomic E-state index is 0.00237. The third-order valence-corrected chi connectivity index (χ3v) is 6.80. The molecule has 2 aromatic carbocycles. The van der Waals surface area contributed by atoms with E-state index in [1.165, 1.54) is 6.07 Å². The van der Waals surface area contributed by atoms with Crippen molar-refractivity contribution in [3.05, 3.63) is 69.3 Å². The zero-order valence-corrected chi connectivity index (χ0v) is 18.1. The first kappa shape index (κ1) is 20.5. The van der Waals surface area contributed by atoms with Crippen molar-refractivity contribution in [1.29, 1.82) is 5.26 Å². The molecular weight excluding hydrogens is 405 g/mol. The van der Waals surface area contributed by atoms with Gasteiger partial charge < -0.3 is 15.2 Å². The van der Waals surface area contributed by atoms with Gasteiger partial charge in [-0.25, -0.2) is 4.39 Å². The molecule has 5 rings (SSSR count). The van der Waals surface area contributed by atoms with Gasteiger partial charge in [-0.15, -0.1) is 0 Å². The standard InChI is InChI=1S/C25H26FN5O/c1-16(30-9-11-31(12-10-30)23-7-4-17(15-27)13-21(23)26)18-5-6-19-22(14-18)29-25(32)20-3-2-8-28-24(19)20/h4-7,13-14,16,28H,2-3,8-12H2,1H3,(H,29,32). The van der Waals surface area contributed by atoms with E-state index in [1.807, 2.05) is 11.0 Å². The number of aromatic nitrogens is 1. The second-order valence-electron chi connectivity index (χ2n) is 8.62. The molecule has 0 saturated carbocycles. The van der Waals surface area contributed by atoms with Crippen LogP contribution in [-0.4, -0.2) is 42.6 Å². The van der Waals surface area contributed by atoms with Gasteiger partial charge in [0.15, 0.2) is 0 Å². The molecule has 164 valence electrons. The number of halogens is 1. The summed E-state index contributed by atoms with van der Waals surface area (Å²) in [7, 11) is 0. The van der Waals surface area contributed by atoms with Gasteiger partial charge in [0, 0.05) is 49.7 Å². The van der Waals surface area contributed by atoms with Crippen LogP contribution in [0.5, 0.6) is 0 Å². The van der Waals surface area contributed by atoms with Gasteiger partial charge in [0.05, 0.1) is 28.5 Å². The van der Waals surface area contributed by atoms with Crippen molar-refractivity contribution in [1.82, 2.24) is 9.88 Å². The van der Waals surface area contributed by atoms with Crippen LogP contribution in [0.4, 0.5) is 15.8 Å². The molecule has 2 aliphatic rings. The largest absolute Gasteiger partial charge is 0.384 e. The maximum atomic E-state index is 14.4. The van der Waals surface area contributed by atoms with E-state index in [1.54, 1.807) is 12.1 Å². The van der Waals surface area contributed by atoms with Crippen LogP contribution >= 0.6 is 0 Å². The van der Waals surface area contributed by atoms with Crippen molar-refractivity contribution in [2.45, 2.75) is 25.8 Å². The third-order valence-electron chi connectivity index (χ3n) is 6.80. The molecule has 6 nitrogen and oxygen atoms in total. The van der Waals surface area contributed by atoms with Gasteiger partial charge in [-0.1, -0.05) is 12.1 Å². The normalized spacial score (nSPS) is 17.5. The van der Waals surface area contributed by atoms with Gasteiger partial charge in [-0.2, -0.15) is 5.26 Å². The van der Waals surface area contributed by atoms with Crippen molar-refractivity contribution < 1.29 is 4.39 Å². The van der Waals surface area contributed by atoms with E-state index >= 15 is 0 Å². The molecule has 0 radical (unpaired) electrons. The van der Waals surface area contributed by atoms with Crippen LogP contribution in [0.1, 0.15) is 36.1 Å². The van der Waals surface area contributed by atoms with Crippen LogP contribution in [-0.2, 0) is 6.42 Å². The Morgan fingerprint density at radius 3 is 2.69 bits per heavy atom. The van der Waals surface area contributed by atoms with Crippen LogP contribution in [0.25, 0.3) is 10.9 Å². The van der Waals surface area contributed by atoms with Crippen LogP contribution in [0.3, 0.4) is 0 Å². The smallest absolute Gasteiger partial charge is 0.253 e. The average Bonchev–Trinajstić information content (AvgIpc) is 2.83. The highest BCUT2D eigenvalue weighted by molar-refractivity contribution is 5.93. The molecule has 0 spiro atoms. The number of nitrogens with one attached hydrogen (secondary N) is 2. The number of rotatable bonds is 3. The summed E-state index contributed by atoms with van der Waals surface area (Å²) >= 11 is 0. The molecular formula is C25H26FN5O. The van der Waals surface area contributed by atoms with Crippen molar-refractivity contribution in [3.8, 4) is 6.07 Å². The molecule has 2 aliphatic heterocycles. The van der Waals surface area contributed by atoms with Gasteiger partial charge in [0.25, 0.3) is 5.56 Å². The van der Waals surface area contributed by atoms with Crippen LogP contribution < -0.4 is 15.8 Å². The lowest BCUT2D eigenvalue weighted by molar-refractivity contribution is 0.198. The van der Waals surface area contributed by atoms with Gasteiger partial charge >= 0.3 is 0 Å². The molecule has 1 fully saturated rings. The van der Waals surface area contributed by atoms with Gasteiger partial charge in [-0.3, -0.25) is 9.69 Å². The van der Waals surface area contributed by atoms with Gasteiger partial charge in [0.2, 0.25) is 0 Å². The molecule has 3 aromatic rings. The van der Waals surface area contributed by atoms with E-state index in [4.69, 9.17) is 5.26 Å². The Hall–Kier alpha value is -3.37. The summed E-state index contributed by atoms with van der Waals surface area (Å²) in [6.45, 7) is 6.12. The number of pyridine rings is 1. The number of fused-ring (bicyclic) bond motifs is 3. The highest BCUT2D eigenvalue weighted by atomic mass is 19.1. The number of hydrogen-bond acceptors (Lipinski definition) is 5. The SMILES string of the molecule is CC(c1ccc2c3c(c(=O)[nH]c2c1)CCCN3)N1CCN(c2ccc(C#N)cc2F)CC1. The lowest BCUT2D eigenvalue weighted by Crippen LogP contribution is -2.47. The Morgan fingerprint density at radius 1 is 1.12 bits per heavy atom. The number of nitriles is 1. The fourth-order valence-electron chi connectivity index (χ4n) is 4.93. The molecule has 1 aromatic heterocycles. The molecule has 0 amide bonds. The van der Waals surface area contributed by atoms with E-state index in [2.05, 4.69) is 40.3 Å². The second-order valence-corrected chi connectivity index (χ2v) is 8.62. The number of H-pyrrole nitrogens is 1. The molecule has 1 atom stereocenters. The molecule has 2 N–H and O–H groups in total. The zero-order chi connectivity index (χ0) is 22.2. The van der Waals surface area contributed by atoms with Crippen LogP contribution in [0.2, 0.25) is 0 Å². The number of benzene rings is 2. The Kier molecular flexibility index (Phi) is 5.32. The topological polar surface area (TPSA) is 75.2 Å². The maximum absolute atomic E-state index is 14.4. The predicted molar refractivity (Wildman–Crippen MR) is 125 cm³/mol. The fourth-order valence-corrected chi connectivity index (χ4v) is 4.93. The number of aromatic amines is 1. The molecule has 32 heavy (non-hydrogen) atoms. The number of piperazine rings is 1. The van der Waals surface area contributed by atoms with Crippen molar-refractivity contribution in [2.24, 2.45) is 0 Å². The molecule has 0 aliphatic carbocycles. The maximum Gasteiger partial charge on any atom is 0.253 e. The van der Waals surface area contributed by atoms with E-state index in [-0.39, 0.29) is 17.4 Å². The summed E-state index contributed by atoms with van der Waals surface area (Å²) in [4.78, 5) is 20.0. The quantitative estimate of drug-likeness (QED) is 0.660. The summed E-state index contributed by atoms with van der Waals surface area (Å²) in [6.07, 6.45) is 1.80. The lowest BCUT2D eigenvalue weighted by Gasteiger charge is -2.39. The number of anilines is 2.